The number of nitrogens with one attached hydrogen (secondary N) is 2. The van der Waals surface area contributed by atoms with Crippen LogP contribution in [-0.4, -0.2) is 49.2 Å². The number of sulfone groups is 1. The van der Waals surface area contributed by atoms with Gasteiger partial charge in [0.25, 0.3) is 5.56 Å². The molecular weight excluding hydrogens is 472 g/mol. The number of benzene rings is 2. The van der Waals surface area contributed by atoms with Gasteiger partial charge < -0.3 is 15.2 Å². The largest absolute Gasteiger partial charge is 0.340 e. The molecule has 1 aliphatic heterocycles. The first-order chi connectivity index (χ1) is 17.3. The van der Waals surface area contributed by atoms with E-state index in [-0.39, 0.29) is 10.5 Å². The lowest BCUT2D eigenvalue weighted by molar-refractivity contribution is 0.222. The van der Waals surface area contributed by atoms with Crippen LogP contribution in [-0.2, 0) is 9.84 Å². The Bertz CT molecular complexity index is 1550. The lowest BCUT2D eigenvalue weighted by Crippen LogP contribution is -2.32. The summed E-state index contributed by atoms with van der Waals surface area (Å²) in [6.07, 6.45) is 5.11. The number of hydrogen-bond acceptors (Lipinski definition) is 6. The van der Waals surface area contributed by atoms with Crippen LogP contribution in [0.25, 0.3) is 22.0 Å². The van der Waals surface area contributed by atoms with E-state index in [2.05, 4.69) is 34.3 Å². The van der Waals surface area contributed by atoms with Crippen LogP contribution in [0.1, 0.15) is 31.2 Å². The fraction of sp³-hybridized carbons (Fsp3) is 0.286. The van der Waals surface area contributed by atoms with Gasteiger partial charge in [0.15, 0.2) is 9.84 Å². The molecule has 0 amide bonds. The molecule has 2 aromatic carbocycles. The van der Waals surface area contributed by atoms with E-state index in [1.165, 1.54) is 11.8 Å². The van der Waals surface area contributed by atoms with Crippen molar-refractivity contribution in [1.29, 1.82) is 0 Å². The molecular formula is C28H30N4O3S. The molecule has 0 radical (unpaired) electrons. The maximum atomic E-state index is 12.7. The number of aromatic amines is 1. The number of pyridine rings is 2. The smallest absolute Gasteiger partial charge is 0.259 e. The molecule has 0 unspecified atom stereocenters. The standard InChI is InChI=1S/C28H30N4O3S/c1-3-32-15-12-20(13-16-32)19-7-9-23(10-8-19)30-27-26-22(11-14-29-28(26)33)18-25(31-27)21-5-4-6-24(17-21)36(2,34)35/h4-11,14,17-18,20H,3,12-13,15-16H2,1-2H3,(H,29,33)(H,30,31). The van der Waals surface area contributed by atoms with Gasteiger partial charge in [-0.1, -0.05) is 31.2 Å². The summed E-state index contributed by atoms with van der Waals surface area (Å²) in [5, 5.41) is 4.50. The molecule has 0 saturated carbocycles. The summed E-state index contributed by atoms with van der Waals surface area (Å²) >= 11 is 0. The fourth-order valence-corrected chi connectivity index (χ4v) is 5.56. The maximum Gasteiger partial charge on any atom is 0.259 e. The second-order valence-corrected chi connectivity index (χ2v) is 11.4. The predicted octanol–water partition coefficient (Wildman–Crippen LogP) is 4.94. The summed E-state index contributed by atoms with van der Waals surface area (Å²) in [5.41, 5.74) is 3.18. The van der Waals surface area contributed by atoms with Crippen LogP contribution in [0.5, 0.6) is 0 Å². The molecule has 5 rings (SSSR count). The van der Waals surface area contributed by atoms with Crippen molar-refractivity contribution < 1.29 is 8.42 Å². The number of piperidine rings is 1. The number of H-pyrrole nitrogens is 1. The van der Waals surface area contributed by atoms with E-state index in [1.54, 1.807) is 24.4 Å². The normalized spacial score (nSPS) is 15.3. The van der Waals surface area contributed by atoms with Crippen LogP contribution < -0.4 is 10.9 Å². The summed E-state index contributed by atoms with van der Waals surface area (Å²) in [5.74, 6) is 0.993. The van der Waals surface area contributed by atoms with E-state index >= 15 is 0 Å². The van der Waals surface area contributed by atoms with Crippen molar-refractivity contribution in [1.82, 2.24) is 14.9 Å². The first kappa shape index (κ1) is 24.2. The van der Waals surface area contributed by atoms with E-state index in [0.717, 1.165) is 43.5 Å². The second-order valence-electron chi connectivity index (χ2n) is 9.38. The zero-order valence-corrected chi connectivity index (χ0v) is 21.3. The van der Waals surface area contributed by atoms with E-state index < -0.39 is 9.84 Å². The highest BCUT2D eigenvalue weighted by molar-refractivity contribution is 7.90. The highest BCUT2D eigenvalue weighted by atomic mass is 32.2. The van der Waals surface area contributed by atoms with Crippen LogP contribution in [0.3, 0.4) is 0 Å². The van der Waals surface area contributed by atoms with Crippen LogP contribution in [0.4, 0.5) is 11.5 Å². The van der Waals surface area contributed by atoms with Crippen molar-refractivity contribution in [2.45, 2.75) is 30.6 Å². The minimum absolute atomic E-state index is 0.225. The fourth-order valence-electron chi connectivity index (χ4n) is 4.90. The maximum absolute atomic E-state index is 12.7. The van der Waals surface area contributed by atoms with Gasteiger partial charge in [-0.05, 0) is 85.7 Å². The number of hydrogen-bond donors (Lipinski definition) is 2. The first-order valence-electron chi connectivity index (χ1n) is 12.2. The van der Waals surface area contributed by atoms with Crippen LogP contribution in [0.15, 0.2) is 76.6 Å². The third-order valence-electron chi connectivity index (χ3n) is 6.99. The number of likely N-dealkylation sites (tertiary alicyclic amines) is 1. The van der Waals surface area contributed by atoms with Gasteiger partial charge >= 0.3 is 0 Å². The highest BCUT2D eigenvalue weighted by Gasteiger charge is 2.20. The molecule has 0 spiro atoms. The quantitative estimate of drug-likeness (QED) is 0.388. The summed E-state index contributed by atoms with van der Waals surface area (Å²) in [6, 6.07) is 18.7. The van der Waals surface area contributed by atoms with Gasteiger partial charge in [-0.25, -0.2) is 13.4 Å². The number of nitrogens with zero attached hydrogens (tertiary/aromatic N) is 2. The Morgan fingerprint density at radius 2 is 1.81 bits per heavy atom. The molecule has 2 N–H and O–H groups in total. The average Bonchev–Trinajstić information content (AvgIpc) is 2.89. The molecule has 0 aliphatic carbocycles. The second kappa shape index (κ2) is 9.87. The molecule has 1 fully saturated rings. The van der Waals surface area contributed by atoms with Gasteiger partial charge in [0.2, 0.25) is 0 Å². The Morgan fingerprint density at radius 3 is 2.50 bits per heavy atom. The van der Waals surface area contributed by atoms with Crippen molar-refractivity contribution in [2.24, 2.45) is 0 Å². The number of aromatic nitrogens is 2. The Hall–Kier alpha value is -3.49. The zero-order chi connectivity index (χ0) is 25.3. The van der Waals surface area contributed by atoms with Gasteiger partial charge in [0, 0.05) is 23.7 Å². The molecule has 1 aliphatic rings. The summed E-state index contributed by atoms with van der Waals surface area (Å²) < 4.78 is 24.1. The third-order valence-corrected chi connectivity index (χ3v) is 8.10. The molecule has 36 heavy (non-hydrogen) atoms. The van der Waals surface area contributed by atoms with E-state index in [1.807, 2.05) is 30.3 Å². The zero-order valence-electron chi connectivity index (χ0n) is 20.5. The molecule has 1 saturated heterocycles. The van der Waals surface area contributed by atoms with Crippen molar-refractivity contribution in [3.05, 3.63) is 82.8 Å². The van der Waals surface area contributed by atoms with E-state index in [0.29, 0.717) is 28.4 Å². The Morgan fingerprint density at radius 1 is 1.06 bits per heavy atom. The van der Waals surface area contributed by atoms with Crippen molar-refractivity contribution in [2.75, 3.05) is 31.2 Å². The van der Waals surface area contributed by atoms with E-state index in [9.17, 15) is 13.2 Å². The summed E-state index contributed by atoms with van der Waals surface area (Å²) in [4.78, 5) is 22.9. The molecule has 0 atom stereocenters. The van der Waals surface area contributed by atoms with Gasteiger partial charge in [-0.2, -0.15) is 0 Å². The first-order valence-corrected chi connectivity index (χ1v) is 14.1. The monoisotopic (exact) mass is 502 g/mol. The average molecular weight is 503 g/mol. The SMILES string of the molecule is CCN1CCC(c2ccc(Nc3nc(-c4cccc(S(C)(=O)=O)c4)cc4cc[nH]c(=O)c34)cc2)CC1. The summed E-state index contributed by atoms with van der Waals surface area (Å²) in [6.45, 7) is 5.58. The molecule has 0 bridgehead atoms. The Labute approximate surface area is 211 Å². The van der Waals surface area contributed by atoms with Gasteiger partial charge in [0.1, 0.15) is 5.82 Å². The lowest BCUT2D eigenvalue weighted by atomic mass is 9.89. The van der Waals surface area contributed by atoms with Crippen LogP contribution in [0, 0.1) is 0 Å². The predicted molar refractivity (Wildman–Crippen MR) is 145 cm³/mol. The number of fused-ring (bicyclic) bond motifs is 1. The van der Waals surface area contributed by atoms with Gasteiger partial charge in [-0.15, -0.1) is 0 Å². The van der Waals surface area contributed by atoms with Crippen LogP contribution in [0.2, 0.25) is 0 Å². The summed E-state index contributed by atoms with van der Waals surface area (Å²) in [7, 11) is -3.36. The molecule has 2 aromatic heterocycles. The Kier molecular flexibility index (Phi) is 6.64. The molecule has 4 aromatic rings. The minimum atomic E-state index is -3.36. The Balaban J connectivity index is 1.49. The number of anilines is 2. The topological polar surface area (TPSA) is 95.2 Å². The highest BCUT2D eigenvalue weighted by Crippen LogP contribution is 2.31. The van der Waals surface area contributed by atoms with E-state index in [4.69, 9.17) is 4.98 Å². The van der Waals surface area contributed by atoms with Gasteiger partial charge in [-0.3, -0.25) is 4.79 Å². The van der Waals surface area contributed by atoms with Crippen molar-refractivity contribution in [3.63, 3.8) is 0 Å². The molecule has 186 valence electrons. The lowest BCUT2D eigenvalue weighted by Gasteiger charge is -2.31. The van der Waals surface area contributed by atoms with Crippen molar-refractivity contribution in [3.8, 4) is 11.3 Å². The third kappa shape index (κ3) is 5.05. The number of rotatable bonds is 6. The van der Waals surface area contributed by atoms with Crippen LogP contribution >= 0.6 is 0 Å². The minimum Gasteiger partial charge on any atom is -0.340 e. The molecule has 8 heteroatoms. The molecule has 3 heterocycles. The molecule has 7 nitrogen and oxygen atoms in total. The van der Waals surface area contributed by atoms with Crippen molar-refractivity contribution >= 4 is 32.1 Å². The van der Waals surface area contributed by atoms with Gasteiger partial charge in [0.05, 0.1) is 16.0 Å².